The van der Waals surface area contributed by atoms with Crippen LogP contribution in [-0.4, -0.2) is 25.0 Å². The van der Waals surface area contributed by atoms with Crippen LogP contribution >= 0.6 is 0 Å². The first-order valence-corrected chi connectivity index (χ1v) is 8.38. The van der Waals surface area contributed by atoms with Crippen molar-refractivity contribution in [2.24, 2.45) is 0 Å². The molecule has 1 aliphatic rings. The second-order valence-electron chi connectivity index (χ2n) is 5.98. The molecule has 0 radical (unpaired) electrons. The van der Waals surface area contributed by atoms with E-state index in [9.17, 15) is 4.79 Å². The maximum Gasteiger partial charge on any atom is 0.221 e. The number of nitrogens with one attached hydrogen (secondary N) is 2. The van der Waals surface area contributed by atoms with Gasteiger partial charge in [-0.1, -0.05) is 56.0 Å². The van der Waals surface area contributed by atoms with Gasteiger partial charge in [0.15, 0.2) is 0 Å². The molecule has 21 heavy (non-hydrogen) atoms. The number of carbonyl (C=O) groups excluding carboxylic acids is 1. The minimum Gasteiger partial charge on any atom is -0.356 e. The van der Waals surface area contributed by atoms with Gasteiger partial charge in [-0.05, 0) is 24.8 Å². The van der Waals surface area contributed by atoms with Crippen molar-refractivity contribution in [3.8, 4) is 0 Å². The predicted molar refractivity (Wildman–Crippen MR) is 87.3 cm³/mol. The molecule has 1 aliphatic carbocycles. The molecule has 0 unspecified atom stereocenters. The summed E-state index contributed by atoms with van der Waals surface area (Å²) in [5.74, 6) is 0.159. The molecule has 0 aromatic heterocycles. The van der Waals surface area contributed by atoms with Crippen molar-refractivity contribution >= 4 is 5.91 Å². The third kappa shape index (κ3) is 6.76. The highest BCUT2D eigenvalue weighted by atomic mass is 16.1. The maximum atomic E-state index is 11.8. The number of hydrogen-bond acceptors (Lipinski definition) is 2. The van der Waals surface area contributed by atoms with Crippen molar-refractivity contribution in [2.75, 3.05) is 13.1 Å². The lowest BCUT2D eigenvalue weighted by atomic mass is 10.1. The van der Waals surface area contributed by atoms with E-state index in [1.54, 1.807) is 0 Å². The van der Waals surface area contributed by atoms with Crippen LogP contribution in [-0.2, 0) is 11.2 Å². The van der Waals surface area contributed by atoms with E-state index in [0.717, 1.165) is 19.5 Å². The third-order valence-corrected chi connectivity index (χ3v) is 4.22. The molecule has 1 amide bonds. The third-order valence-electron chi connectivity index (χ3n) is 4.22. The SMILES string of the molecule is O=C(CCNC1CCCCCC1)NCCc1ccccc1. The van der Waals surface area contributed by atoms with Gasteiger partial charge in [-0.3, -0.25) is 4.79 Å². The lowest BCUT2D eigenvalue weighted by Crippen LogP contribution is -2.33. The molecular weight excluding hydrogens is 260 g/mol. The first kappa shape index (κ1) is 16.0. The van der Waals surface area contributed by atoms with E-state index in [0.29, 0.717) is 12.5 Å². The van der Waals surface area contributed by atoms with Gasteiger partial charge in [0, 0.05) is 25.6 Å². The Hall–Kier alpha value is -1.35. The van der Waals surface area contributed by atoms with Gasteiger partial charge in [-0.15, -0.1) is 0 Å². The van der Waals surface area contributed by atoms with Crippen molar-refractivity contribution in [3.05, 3.63) is 35.9 Å². The monoisotopic (exact) mass is 288 g/mol. The summed E-state index contributed by atoms with van der Waals surface area (Å²) in [7, 11) is 0. The number of amides is 1. The Balaban J connectivity index is 1.53. The normalized spacial score (nSPS) is 16.4. The fourth-order valence-electron chi connectivity index (χ4n) is 2.95. The summed E-state index contributed by atoms with van der Waals surface area (Å²) < 4.78 is 0. The summed E-state index contributed by atoms with van der Waals surface area (Å²) in [5.41, 5.74) is 1.27. The van der Waals surface area contributed by atoms with Crippen molar-refractivity contribution in [2.45, 2.75) is 57.4 Å². The van der Waals surface area contributed by atoms with Gasteiger partial charge in [0.05, 0.1) is 0 Å². The van der Waals surface area contributed by atoms with Crippen molar-refractivity contribution < 1.29 is 4.79 Å². The van der Waals surface area contributed by atoms with E-state index in [1.807, 2.05) is 18.2 Å². The fraction of sp³-hybridized carbons (Fsp3) is 0.611. The minimum absolute atomic E-state index is 0.159. The second-order valence-corrected chi connectivity index (χ2v) is 5.98. The average Bonchev–Trinajstić information content (AvgIpc) is 2.77. The van der Waals surface area contributed by atoms with Crippen LogP contribution in [0, 0.1) is 0 Å². The molecule has 3 nitrogen and oxygen atoms in total. The maximum absolute atomic E-state index is 11.8. The molecule has 0 heterocycles. The summed E-state index contributed by atoms with van der Waals surface area (Å²) in [4.78, 5) is 11.8. The van der Waals surface area contributed by atoms with Crippen LogP contribution in [0.3, 0.4) is 0 Å². The van der Waals surface area contributed by atoms with Crippen LogP contribution in [0.1, 0.15) is 50.5 Å². The molecule has 1 saturated carbocycles. The lowest BCUT2D eigenvalue weighted by molar-refractivity contribution is -0.120. The Morgan fingerprint density at radius 2 is 1.71 bits per heavy atom. The molecule has 1 aromatic carbocycles. The van der Waals surface area contributed by atoms with E-state index >= 15 is 0 Å². The Morgan fingerprint density at radius 1 is 1.00 bits per heavy atom. The van der Waals surface area contributed by atoms with Gasteiger partial charge in [-0.25, -0.2) is 0 Å². The molecule has 0 saturated heterocycles. The highest BCUT2D eigenvalue weighted by molar-refractivity contribution is 5.76. The molecular formula is C18H28N2O. The van der Waals surface area contributed by atoms with E-state index in [4.69, 9.17) is 0 Å². The van der Waals surface area contributed by atoms with Gasteiger partial charge < -0.3 is 10.6 Å². The quantitative estimate of drug-likeness (QED) is 0.757. The fourth-order valence-corrected chi connectivity index (χ4v) is 2.95. The summed E-state index contributed by atoms with van der Waals surface area (Å²) in [6.07, 6.45) is 9.46. The zero-order valence-corrected chi connectivity index (χ0v) is 12.9. The predicted octanol–water partition coefficient (Wildman–Crippen LogP) is 3.05. The summed E-state index contributed by atoms with van der Waals surface area (Å²) in [6.45, 7) is 1.54. The molecule has 0 atom stereocenters. The highest BCUT2D eigenvalue weighted by Crippen LogP contribution is 2.16. The van der Waals surface area contributed by atoms with E-state index in [2.05, 4.69) is 22.8 Å². The van der Waals surface area contributed by atoms with Crippen LogP contribution in [0.4, 0.5) is 0 Å². The first-order chi connectivity index (χ1) is 10.3. The van der Waals surface area contributed by atoms with Gasteiger partial charge in [-0.2, -0.15) is 0 Å². The first-order valence-electron chi connectivity index (χ1n) is 8.38. The Kier molecular flexibility index (Phi) is 7.30. The molecule has 0 aliphatic heterocycles. The summed E-state index contributed by atoms with van der Waals surface area (Å²) >= 11 is 0. The van der Waals surface area contributed by atoms with Crippen molar-refractivity contribution in [1.82, 2.24) is 10.6 Å². The Labute approximate surface area is 128 Å². The average molecular weight is 288 g/mol. The van der Waals surface area contributed by atoms with E-state index in [-0.39, 0.29) is 5.91 Å². The molecule has 2 N–H and O–H groups in total. The van der Waals surface area contributed by atoms with Crippen LogP contribution in [0.5, 0.6) is 0 Å². The lowest BCUT2D eigenvalue weighted by Gasteiger charge is -2.15. The number of benzene rings is 1. The van der Waals surface area contributed by atoms with Crippen molar-refractivity contribution in [3.63, 3.8) is 0 Å². The largest absolute Gasteiger partial charge is 0.356 e. The summed E-state index contributed by atoms with van der Waals surface area (Å²) in [6, 6.07) is 10.9. The standard InChI is InChI=1S/C18H28N2O/c21-18(20-14-12-16-8-4-3-5-9-16)13-15-19-17-10-6-1-2-7-11-17/h3-5,8-9,17,19H,1-2,6-7,10-15H2,(H,20,21). The second kappa shape index (κ2) is 9.56. The smallest absolute Gasteiger partial charge is 0.221 e. The Bertz CT molecular complexity index is 397. The molecule has 1 aromatic rings. The minimum atomic E-state index is 0.159. The number of rotatable bonds is 7. The Morgan fingerprint density at radius 3 is 2.43 bits per heavy atom. The highest BCUT2D eigenvalue weighted by Gasteiger charge is 2.11. The number of hydrogen-bond donors (Lipinski definition) is 2. The van der Waals surface area contributed by atoms with Gasteiger partial charge in [0.25, 0.3) is 0 Å². The van der Waals surface area contributed by atoms with Crippen LogP contribution in [0.25, 0.3) is 0 Å². The zero-order valence-electron chi connectivity index (χ0n) is 12.9. The van der Waals surface area contributed by atoms with Gasteiger partial charge >= 0.3 is 0 Å². The topological polar surface area (TPSA) is 41.1 Å². The van der Waals surface area contributed by atoms with Crippen LogP contribution in [0.2, 0.25) is 0 Å². The molecule has 1 fully saturated rings. The molecule has 2 rings (SSSR count). The summed E-state index contributed by atoms with van der Waals surface area (Å²) in [5, 5.41) is 6.54. The van der Waals surface area contributed by atoms with Gasteiger partial charge in [0.1, 0.15) is 0 Å². The van der Waals surface area contributed by atoms with Gasteiger partial charge in [0.2, 0.25) is 5.91 Å². The zero-order chi connectivity index (χ0) is 14.8. The van der Waals surface area contributed by atoms with Crippen molar-refractivity contribution in [1.29, 1.82) is 0 Å². The van der Waals surface area contributed by atoms with E-state index < -0.39 is 0 Å². The number of carbonyl (C=O) groups is 1. The molecule has 0 spiro atoms. The molecule has 116 valence electrons. The van der Waals surface area contributed by atoms with Crippen LogP contribution < -0.4 is 10.6 Å². The van der Waals surface area contributed by atoms with E-state index in [1.165, 1.54) is 44.1 Å². The molecule has 3 heteroatoms. The molecule has 0 bridgehead atoms. The van der Waals surface area contributed by atoms with Crippen LogP contribution in [0.15, 0.2) is 30.3 Å².